The van der Waals surface area contributed by atoms with Crippen LogP contribution in [-0.4, -0.2) is 38.9 Å². The van der Waals surface area contributed by atoms with Gasteiger partial charge in [-0.15, -0.1) is 0 Å². The van der Waals surface area contributed by atoms with Crippen molar-refractivity contribution in [2.24, 2.45) is 11.1 Å². The first-order chi connectivity index (χ1) is 11.1. The Labute approximate surface area is 138 Å². The van der Waals surface area contributed by atoms with Crippen molar-refractivity contribution in [2.75, 3.05) is 25.6 Å². The standard InChI is InChI=1S/C18H27N3O2/c1-14-6-4-5-7-17(14)20-18(22)13-23-19-12-15-8-10-16(11-9-15)21(2)3/h8-12,14,17H,4-7,13H2,1-3H3,(H,20,22)/b19-12+. The monoisotopic (exact) mass is 317 g/mol. The quantitative estimate of drug-likeness (QED) is 0.648. The van der Waals surface area contributed by atoms with Gasteiger partial charge in [-0.2, -0.15) is 0 Å². The lowest BCUT2D eigenvalue weighted by Gasteiger charge is -2.29. The first-order valence-corrected chi connectivity index (χ1v) is 8.28. The second-order valence-corrected chi connectivity index (χ2v) is 6.43. The van der Waals surface area contributed by atoms with Crippen LogP contribution >= 0.6 is 0 Å². The Morgan fingerprint density at radius 3 is 2.65 bits per heavy atom. The zero-order valence-electron chi connectivity index (χ0n) is 14.3. The van der Waals surface area contributed by atoms with Gasteiger partial charge in [0, 0.05) is 25.8 Å². The van der Waals surface area contributed by atoms with E-state index in [2.05, 4.69) is 17.4 Å². The van der Waals surface area contributed by atoms with Crippen LogP contribution in [0.3, 0.4) is 0 Å². The summed E-state index contributed by atoms with van der Waals surface area (Å²) in [6.07, 6.45) is 6.33. The number of oxime groups is 1. The molecule has 0 heterocycles. The van der Waals surface area contributed by atoms with Gasteiger partial charge in [-0.05, 0) is 36.5 Å². The first kappa shape index (κ1) is 17.3. The van der Waals surface area contributed by atoms with Crippen molar-refractivity contribution in [3.05, 3.63) is 29.8 Å². The maximum absolute atomic E-state index is 11.9. The summed E-state index contributed by atoms with van der Waals surface area (Å²) in [5, 5.41) is 6.91. The molecule has 1 aliphatic rings. The number of carbonyl (C=O) groups is 1. The third-order valence-corrected chi connectivity index (χ3v) is 4.34. The molecule has 1 N–H and O–H groups in total. The van der Waals surface area contributed by atoms with Crippen LogP contribution in [0.5, 0.6) is 0 Å². The van der Waals surface area contributed by atoms with Gasteiger partial charge in [0.1, 0.15) is 0 Å². The molecule has 0 radical (unpaired) electrons. The molecule has 1 aliphatic carbocycles. The highest BCUT2D eigenvalue weighted by molar-refractivity contribution is 5.80. The SMILES string of the molecule is CC1CCCCC1NC(=O)CO/N=C/c1ccc(N(C)C)cc1. The largest absolute Gasteiger partial charge is 0.386 e. The van der Waals surface area contributed by atoms with Gasteiger partial charge in [-0.3, -0.25) is 4.79 Å². The zero-order chi connectivity index (χ0) is 16.7. The third kappa shape index (κ3) is 5.58. The van der Waals surface area contributed by atoms with Crippen molar-refractivity contribution < 1.29 is 9.63 Å². The molecule has 1 amide bonds. The molecule has 0 aliphatic heterocycles. The van der Waals surface area contributed by atoms with E-state index in [0.717, 1.165) is 17.7 Å². The second kappa shape index (κ2) is 8.56. The molecule has 0 saturated heterocycles. The maximum Gasteiger partial charge on any atom is 0.261 e. The minimum Gasteiger partial charge on any atom is -0.386 e. The van der Waals surface area contributed by atoms with Gasteiger partial charge >= 0.3 is 0 Å². The molecular weight excluding hydrogens is 290 g/mol. The van der Waals surface area contributed by atoms with E-state index < -0.39 is 0 Å². The van der Waals surface area contributed by atoms with Gasteiger partial charge < -0.3 is 15.1 Å². The van der Waals surface area contributed by atoms with Gasteiger partial charge in [-0.1, -0.05) is 37.1 Å². The Morgan fingerprint density at radius 1 is 1.30 bits per heavy atom. The molecular formula is C18H27N3O2. The highest BCUT2D eigenvalue weighted by atomic mass is 16.6. The molecule has 5 nitrogen and oxygen atoms in total. The van der Waals surface area contributed by atoms with E-state index in [9.17, 15) is 4.79 Å². The van der Waals surface area contributed by atoms with Crippen LogP contribution in [0, 0.1) is 5.92 Å². The molecule has 1 saturated carbocycles. The highest BCUT2D eigenvalue weighted by Gasteiger charge is 2.22. The van der Waals surface area contributed by atoms with Gasteiger partial charge in [0.25, 0.3) is 5.91 Å². The fraction of sp³-hybridized carbons (Fsp3) is 0.556. The third-order valence-electron chi connectivity index (χ3n) is 4.34. The average molecular weight is 317 g/mol. The van der Waals surface area contributed by atoms with E-state index >= 15 is 0 Å². The van der Waals surface area contributed by atoms with Crippen molar-refractivity contribution in [3.63, 3.8) is 0 Å². The zero-order valence-corrected chi connectivity index (χ0v) is 14.3. The van der Waals surface area contributed by atoms with Crippen LogP contribution in [0.1, 0.15) is 38.2 Å². The van der Waals surface area contributed by atoms with Crippen molar-refractivity contribution in [2.45, 2.75) is 38.6 Å². The van der Waals surface area contributed by atoms with Crippen LogP contribution in [0.2, 0.25) is 0 Å². The Balaban J connectivity index is 1.72. The van der Waals surface area contributed by atoms with Crippen molar-refractivity contribution in [1.82, 2.24) is 5.32 Å². The number of rotatable bonds is 6. The molecule has 0 spiro atoms. The average Bonchev–Trinajstić information content (AvgIpc) is 2.54. The molecule has 1 fully saturated rings. The predicted molar refractivity (Wildman–Crippen MR) is 93.9 cm³/mol. The van der Waals surface area contributed by atoms with Gasteiger partial charge in [-0.25, -0.2) is 0 Å². The normalized spacial score (nSPS) is 21.2. The molecule has 2 atom stereocenters. The van der Waals surface area contributed by atoms with Crippen LogP contribution in [0.4, 0.5) is 5.69 Å². The number of benzene rings is 1. The molecule has 5 heteroatoms. The van der Waals surface area contributed by atoms with Crippen LogP contribution in [0.15, 0.2) is 29.4 Å². The number of carbonyl (C=O) groups excluding carboxylic acids is 1. The van der Waals surface area contributed by atoms with E-state index in [1.807, 2.05) is 43.3 Å². The van der Waals surface area contributed by atoms with Gasteiger partial charge in [0.05, 0.1) is 6.21 Å². The summed E-state index contributed by atoms with van der Waals surface area (Å²) >= 11 is 0. The lowest BCUT2D eigenvalue weighted by Crippen LogP contribution is -2.42. The van der Waals surface area contributed by atoms with E-state index in [1.54, 1.807) is 6.21 Å². The lowest BCUT2D eigenvalue weighted by atomic mass is 9.86. The second-order valence-electron chi connectivity index (χ2n) is 6.43. The molecule has 0 bridgehead atoms. The van der Waals surface area contributed by atoms with Crippen LogP contribution in [0.25, 0.3) is 0 Å². The molecule has 126 valence electrons. The van der Waals surface area contributed by atoms with Gasteiger partial charge in [0.2, 0.25) is 0 Å². The molecule has 1 aromatic rings. The lowest BCUT2D eigenvalue weighted by molar-refractivity contribution is -0.126. The van der Waals surface area contributed by atoms with Crippen LogP contribution < -0.4 is 10.2 Å². The fourth-order valence-electron chi connectivity index (χ4n) is 2.83. The fourth-order valence-corrected chi connectivity index (χ4v) is 2.83. The van der Waals surface area contributed by atoms with Crippen molar-refractivity contribution in [1.29, 1.82) is 0 Å². The number of nitrogens with one attached hydrogen (secondary N) is 1. The number of hydrogen-bond acceptors (Lipinski definition) is 4. The number of nitrogens with zero attached hydrogens (tertiary/aromatic N) is 2. The summed E-state index contributed by atoms with van der Waals surface area (Å²) in [5.74, 6) is 0.454. The molecule has 23 heavy (non-hydrogen) atoms. The summed E-state index contributed by atoms with van der Waals surface area (Å²) in [6.45, 7) is 2.16. The Hall–Kier alpha value is -2.04. The molecule has 2 unspecified atom stereocenters. The summed E-state index contributed by atoms with van der Waals surface area (Å²) in [7, 11) is 4.00. The van der Waals surface area contributed by atoms with Crippen molar-refractivity contribution >= 4 is 17.8 Å². The Morgan fingerprint density at radius 2 is 2.00 bits per heavy atom. The van der Waals surface area contributed by atoms with E-state index in [1.165, 1.54) is 19.3 Å². The Kier molecular flexibility index (Phi) is 6.44. The minimum atomic E-state index is -0.0937. The van der Waals surface area contributed by atoms with Crippen LogP contribution in [-0.2, 0) is 9.63 Å². The summed E-state index contributed by atoms with van der Waals surface area (Å²) in [4.78, 5) is 19.0. The van der Waals surface area contributed by atoms with E-state index in [-0.39, 0.29) is 18.6 Å². The van der Waals surface area contributed by atoms with Crippen molar-refractivity contribution in [3.8, 4) is 0 Å². The van der Waals surface area contributed by atoms with E-state index in [4.69, 9.17) is 4.84 Å². The minimum absolute atomic E-state index is 0.0322. The topological polar surface area (TPSA) is 53.9 Å². The summed E-state index contributed by atoms with van der Waals surface area (Å²) < 4.78 is 0. The summed E-state index contributed by atoms with van der Waals surface area (Å²) in [5.41, 5.74) is 2.07. The smallest absolute Gasteiger partial charge is 0.261 e. The maximum atomic E-state index is 11.9. The Bertz CT molecular complexity index is 526. The molecule has 2 rings (SSSR count). The number of amides is 1. The molecule has 0 aromatic heterocycles. The van der Waals surface area contributed by atoms with Gasteiger partial charge in [0.15, 0.2) is 6.61 Å². The predicted octanol–water partition coefficient (Wildman–Crippen LogP) is 2.80. The summed E-state index contributed by atoms with van der Waals surface area (Å²) in [6, 6.07) is 8.23. The number of anilines is 1. The number of hydrogen-bond donors (Lipinski definition) is 1. The van der Waals surface area contributed by atoms with E-state index in [0.29, 0.717) is 5.92 Å². The molecule has 1 aromatic carbocycles. The first-order valence-electron chi connectivity index (χ1n) is 8.28. The highest BCUT2D eigenvalue weighted by Crippen LogP contribution is 2.23.